The van der Waals surface area contributed by atoms with Crippen LogP contribution in [0, 0.1) is 12.3 Å². The highest BCUT2D eigenvalue weighted by Gasteiger charge is 2.31. The number of ether oxygens (including phenoxy) is 2. The summed E-state index contributed by atoms with van der Waals surface area (Å²) in [5.41, 5.74) is 2.29. The lowest BCUT2D eigenvalue weighted by molar-refractivity contribution is -0.152. The van der Waals surface area contributed by atoms with Crippen LogP contribution in [-0.4, -0.2) is 42.8 Å². The number of nitrogens with one attached hydrogen (secondary N) is 1. The topological polar surface area (TPSA) is 84.9 Å². The quantitative estimate of drug-likeness (QED) is 0.0518. The highest BCUT2D eigenvalue weighted by Crippen LogP contribution is 2.35. The molecule has 0 aliphatic heterocycles. The standard InChI is InChI=1S/C37H58N2O5/c1-3-5-6-7-8-9-10-11-12-13-14-15-16-17-18-25-35(40)38-29-22-21-26-36(41)43-31-44-37(42)39(30-4-2)34-28-27-32-23-19-20-24-33(32)34/h2,19-20,23-24,34H,3,5-18,21-22,25-31H2,1H3,(H,38,40)/t34-/m1/s1. The van der Waals surface area contributed by atoms with Crippen molar-refractivity contribution in [2.75, 3.05) is 19.9 Å². The van der Waals surface area contributed by atoms with Gasteiger partial charge in [-0.1, -0.05) is 127 Å². The van der Waals surface area contributed by atoms with E-state index in [2.05, 4.69) is 24.2 Å². The van der Waals surface area contributed by atoms with Gasteiger partial charge in [0.2, 0.25) is 12.7 Å². The third-order valence-electron chi connectivity index (χ3n) is 8.51. The molecule has 0 fully saturated rings. The lowest BCUT2D eigenvalue weighted by Gasteiger charge is -2.27. The first-order valence-electron chi connectivity index (χ1n) is 17.4. The summed E-state index contributed by atoms with van der Waals surface area (Å²) >= 11 is 0. The Bertz CT molecular complexity index is 988. The summed E-state index contributed by atoms with van der Waals surface area (Å²) in [6.07, 6.45) is 28.3. The molecule has 0 bridgehead atoms. The van der Waals surface area contributed by atoms with Crippen LogP contribution >= 0.6 is 0 Å². The minimum absolute atomic E-state index is 0.0793. The number of hydrogen-bond donors (Lipinski definition) is 1. The van der Waals surface area contributed by atoms with Crippen molar-refractivity contribution in [3.8, 4) is 12.3 Å². The van der Waals surface area contributed by atoms with Gasteiger partial charge in [0.25, 0.3) is 0 Å². The molecule has 0 saturated heterocycles. The Morgan fingerprint density at radius 3 is 2.05 bits per heavy atom. The average Bonchev–Trinajstić information content (AvgIpc) is 3.45. The number of unbranched alkanes of at least 4 members (excludes halogenated alkanes) is 15. The molecule has 0 radical (unpaired) electrons. The van der Waals surface area contributed by atoms with E-state index in [1.54, 1.807) is 0 Å². The predicted molar refractivity (Wildman–Crippen MR) is 177 cm³/mol. The van der Waals surface area contributed by atoms with Crippen LogP contribution in [0.1, 0.15) is 153 Å². The lowest BCUT2D eigenvalue weighted by Crippen LogP contribution is -2.35. The van der Waals surface area contributed by atoms with Crippen LogP contribution in [0.3, 0.4) is 0 Å². The number of aryl methyl sites for hydroxylation is 1. The number of amides is 2. The molecule has 0 unspecified atom stereocenters. The summed E-state index contributed by atoms with van der Waals surface area (Å²) in [7, 11) is 0. The maximum atomic E-state index is 12.7. The Morgan fingerprint density at radius 2 is 1.41 bits per heavy atom. The fraction of sp³-hybridized carbons (Fsp3) is 0.703. The van der Waals surface area contributed by atoms with Gasteiger partial charge in [-0.25, -0.2) is 4.79 Å². The molecule has 0 saturated carbocycles. The molecule has 1 aliphatic rings. The van der Waals surface area contributed by atoms with Gasteiger partial charge in [0.05, 0.1) is 12.6 Å². The number of nitrogens with zero attached hydrogens (tertiary/aromatic N) is 1. The van der Waals surface area contributed by atoms with Crippen LogP contribution in [0.15, 0.2) is 24.3 Å². The molecule has 7 nitrogen and oxygen atoms in total. The highest BCUT2D eigenvalue weighted by molar-refractivity contribution is 5.75. The Labute approximate surface area is 267 Å². The van der Waals surface area contributed by atoms with Gasteiger partial charge in [0.1, 0.15) is 0 Å². The van der Waals surface area contributed by atoms with E-state index in [-0.39, 0.29) is 24.9 Å². The summed E-state index contributed by atoms with van der Waals surface area (Å²) in [6, 6.07) is 7.86. The van der Waals surface area contributed by atoms with Gasteiger partial charge >= 0.3 is 12.1 Å². The van der Waals surface area contributed by atoms with Crippen LogP contribution in [0.2, 0.25) is 0 Å². The van der Waals surface area contributed by atoms with Crippen LogP contribution in [-0.2, 0) is 25.5 Å². The molecule has 2 amide bonds. The summed E-state index contributed by atoms with van der Waals surface area (Å²) in [6.45, 7) is 2.49. The van der Waals surface area contributed by atoms with Gasteiger partial charge in [0.15, 0.2) is 0 Å². The van der Waals surface area contributed by atoms with Crippen LogP contribution in [0.4, 0.5) is 4.79 Å². The first-order valence-corrected chi connectivity index (χ1v) is 17.4. The number of rotatable bonds is 25. The number of fused-ring (bicyclic) bond motifs is 1. The number of benzene rings is 1. The molecule has 1 N–H and O–H groups in total. The zero-order valence-corrected chi connectivity index (χ0v) is 27.4. The van der Waals surface area contributed by atoms with E-state index < -0.39 is 18.9 Å². The number of hydrogen-bond acceptors (Lipinski definition) is 5. The number of carbonyl (C=O) groups excluding carboxylic acids is 3. The van der Waals surface area contributed by atoms with Gasteiger partial charge in [-0.2, -0.15) is 0 Å². The van der Waals surface area contributed by atoms with E-state index in [4.69, 9.17) is 15.9 Å². The van der Waals surface area contributed by atoms with Gasteiger partial charge in [-0.05, 0) is 43.2 Å². The fourth-order valence-corrected chi connectivity index (χ4v) is 5.93. The van der Waals surface area contributed by atoms with E-state index in [0.717, 1.165) is 31.2 Å². The minimum atomic E-state index is -0.589. The van der Waals surface area contributed by atoms with Crippen molar-refractivity contribution in [2.45, 2.75) is 148 Å². The van der Waals surface area contributed by atoms with Crippen LogP contribution in [0.5, 0.6) is 0 Å². The van der Waals surface area contributed by atoms with Gasteiger partial charge < -0.3 is 14.8 Å². The van der Waals surface area contributed by atoms with Crippen molar-refractivity contribution < 1.29 is 23.9 Å². The van der Waals surface area contributed by atoms with Gasteiger partial charge in [-0.15, -0.1) is 6.42 Å². The van der Waals surface area contributed by atoms with Crippen molar-refractivity contribution in [1.82, 2.24) is 10.2 Å². The zero-order valence-electron chi connectivity index (χ0n) is 27.4. The maximum Gasteiger partial charge on any atom is 0.413 e. The van der Waals surface area contributed by atoms with Crippen molar-refractivity contribution in [3.63, 3.8) is 0 Å². The van der Waals surface area contributed by atoms with Crippen molar-refractivity contribution >= 4 is 18.0 Å². The van der Waals surface area contributed by atoms with Gasteiger partial charge in [-0.3, -0.25) is 14.5 Å². The van der Waals surface area contributed by atoms with Crippen LogP contribution < -0.4 is 5.32 Å². The molecule has 1 atom stereocenters. The van der Waals surface area contributed by atoms with E-state index >= 15 is 0 Å². The molecular formula is C37H58N2O5. The van der Waals surface area contributed by atoms with E-state index in [1.165, 1.54) is 93.9 Å². The molecule has 0 aromatic heterocycles. The molecule has 0 spiro atoms. The third-order valence-corrected chi connectivity index (χ3v) is 8.51. The zero-order chi connectivity index (χ0) is 31.7. The van der Waals surface area contributed by atoms with Crippen molar-refractivity contribution in [2.24, 2.45) is 0 Å². The molecular weight excluding hydrogens is 552 g/mol. The number of esters is 1. The maximum absolute atomic E-state index is 12.7. The molecule has 7 heteroatoms. The summed E-state index contributed by atoms with van der Waals surface area (Å²) in [5, 5.41) is 2.94. The van der Waals surface area contributed by atoms with Crippen molar-refractivity contribution in [1.29, 1.82) is 0 Å². The summed E-state index contributed by atoms with van der Waals surface area (Å²) in [5.74, 6) is 2.17. The molecule has 1 aliphatic carbocycles. The minimum Gasteiger partial charge on any atom is -0.428 e. The SMILES string of the molecule is C#CCN(C(=O)OCOC(=O)CCCCNC(=O)CCCCCCCCCCCCCCCCC)[C@@H]1CCc2ccccc21. The smallest absolute Gasteiger partial charge is 0.413 e. The largest absolute Gasteiger partial charge is 0.428 e. The van der Waals surface area contributed by atoms with Gasteiger partial charge in [0, 0.05) is 19.4 Å². The summed E-state index contributed by atoms with van der Waals surface area (Å²) < 4.78 is 10.3. The number of terminal acetylenes is 1. The predicted octanol–water partition coefficient (Wildman–Crippen LogP) is 8.79. The Balaban J connectivity index is 1.39. The van der Waals surface area contributed by atoms with Crippen LogP contribution in [0.25, 0.3) is 0 Å². The van der Waals surface area contributed by atoms with E-state index in [9.17, 15) is 14.4 Å². The molecule has 1 aromatic rings. The fourth-order valence-electron chi connectivity index (χ4n) is 5.93. The Kier molecular flexibility index (Phi) is 20.6. The molecule has 0 heterocycles. The monoisotopic (exact) mass is 610 g/mol. The third kappa shape index (κ3) is 16.2. The number of carbonyl (C=O) groups is 3. The highest BCUT2D eigenvalue weighted by atomic mass is 16.7. The second kappa shape index (κ2) is 24.3. The first-order chi connectivity index (χ1) is 21.6. The lowest BCUT2D eigenvalue weighted by atomic mass is 10.0. The summed E-state index contributed by atoms with van der Waals surface area (Å²) in [4.78, 5) is 38.3. The van der Waals surface area contributed by atoms with E-state index in [0.29, 0.717) is 25.8 Å². The normalized spacial score (nSPS) is 13.6. The van der Waals surface area contributed by atoms with Crippen molar-refractivity contribution in [3.05, 3.63) is 35.4 Å². The Morgan fingerprint density at radius 1 is 0.818 bits per heavy atom. The molecule has 1 aromatic carbocycles. The second-order valence-electron chi connectivity index (χ2n) is 12.1. The average molecular weight is 611 g/mol. The Hall–Kier alpha value is -3.01. The molecule has 2 rings (SSSR count). The second-order valence-corrected chi connectivity index (χ2v) is 12.1. The van der Waals surface area contributed by atoms with E-state index in [1.807, 2.05) is 18.2 Å². The molecule has 44 heavy (non-hydrogen) atoms. The first kappa shape index (κ1) is 37.2. The molecule has 246 valence electrons.